The van der Waals surface area contributed by atoms with E-state index >= 15 is 0 Å². The van der Waals surface area contributed by atoms with E-state index in [1.54, 1.807) is 11.0 Å². The number of nitrogens with zero attached hydrogens (tertiary/aromatic N) is 1. The highest BCUT2D eigenvalue weighted by Crippen LogP contribution is 2.36. The first-order chi connectivity index (χ1) is 11.6. The van der Waals surface area contributed by atoms with Crippen LogP contribution < -0.4 is 10.8 Å². The van der Waals surface area contributed by atoms with Gasteiger partial charge in [0.05, 0.1) is 16.8 Å². The summed E-state index contributed by atoms with van der Waals surface area (Å²) in [6.07, 6.45) is 0. The van der Waals surface area contributed by atoms with Crippen LogP contribution in [0.4, 0.5) is 4.39 Å². The van der Waals surface area contributed by atoms with Gasteiger partial charge in [-0.15, -0.1) is 0 Å². The molecule has 2 saturated heterocycles. The Bertz CT molecular complexity index is 664. The summed E-state index contributed by atoms with van der Waals surface area (Å²) in [5.41, 5.74) is -0.296. The lowest BCUT2D eigenvalue weighted by molar-refractivity contribution is 0.00578. The lowest BCUT2D eigenvalue weighted by Crippen LogP contribution is -2.51. The molecule has 0 aliphatic carbocycles. The van der Waals surface area contributed by atoms with Crippen molar-refractivity contribution in [3.05, 3.63) is 29.6 Å². The zero-order valence-corrected chi connectivity index (χ0v) is 15.6. The maximum absolute atomic E-state index is 14.6. The minimum atomic E-state index is -0.636. The molecule has 5 nitrogen and oxygen atoms in total. The van der Waals surface area contributed by atoms with E-state index in [-0.39, 0.29) is 17.5 Å². The monoisotopic (exact) mass is 348 g/mol. The predicted octanol–water partition coefficient (Wildman–Crippen LogP) is 1.56. The molecule has 0 aromatic heterocycles. The summed E-state index contributed by atoms with van der Waals surface area (Å²) in [4.78, 5) is 14.3. The van der Waals surface area contributed by atoms with Gasteiger partial charge in [-0.25, -0.2) is 4.39 Å². The third kappa shape index (κ3) is 3.45. The molecular weight excluding hydrogens is 322 g/mol. The largest absolute Gasteiger partial charge is 0.494 e. The molecule has 1 N–H and O–H groups in total. The van der Waals surface area contributed by atoms with Gasteiger partial charge < -0.3 is 19.5 Å². The molecule has 136 valence electrons. The Labute approximate surface area is 149 Å². The lowest BCUT2D eigenvalue weighted by atomic mass is 9.78. The van der Waals surface area contributed by atoms with Crippen LogP contribution in [0.2, 0.25) is 0 Å². The summed E-state index contributed by atoms with van der Waals surface area (Å²) in [6.45, 7) is 11.7. The zero-order valence-electron chi connectivity index (χ0n) is 15.6. The number of piperazine rings is 1. The molecule has 1 aromatic carbocycles. The van der Waals surface area contributed by atoms with Crippen molar-refractivity contribution >= 4 is 18.5 Å². The summed E-state index contributed by atoms with van der Waals surface area (Å²) < 4.78 is 26.5. The molecule has 2 aliphatic rings. The molecular formula is C18H26BFN2O3. The van der Waals surface area contributed by atoms with Crippen LogP contribution in [0.5, 0.6) is 0 Å². The number of rotatable bonds is 2. The van der Waals surface area contributed by atoms with Crippen LogP contribution in [0.1, 0.15) is 45.0 Å². The second kappa shape index (κ2) is 6.38. The van der Waals surface area contributed by atoms with Crippen molar-refractivity contribution < 1.29 is 18.5 Å². The normalized spacial score (nSPS) is 25.3. The van der Waals surface area contributed by atoms with Crippen molar-refractivity contribution in [2.24, 2.45) is 0 Å². The van der Waals surface area contributed by atoms with E-state index < -0.39 is 24.1 Å². The summed E-state index contributed by atoms with van der Waals surface area (Å²) in [5.74, 6) is -0.810. The third-order valence-electron chi connectivity index (χ3n) is 5.40. The van der Waals surface area contributed by atoms with Gasteiger partial charge in [0.15, 0.2) is 0 Å². The van der Waals surface area contributed by atoms with Crippen LogP contribution in [0, 0.1) is 5.82 Å². The van der Waals surface area contributed by atoms with Gasteiger partial charge in [0.1, 0.15) is 5.82 Å². The quantitative estimate of drug-likeness (QED) is 0.825. The molecule has 2 heterocycles. The molecule has 25 heavy (non-hydrogen) atoms. The van der Waals surface area contributed by atoms with Crippen LogP contribution >= 0.6 is 0 Å². The molecule has 2 aliphatic heterocycles. The van der Waals surface area contributed by atoms with Gasteiger partial charge >= 0.3 is 7.12 Å². The fourth-order valence-electron chi connectivity index (χ4n) is 3.12. The van der Waals surface area contributed by atoms with E-state index in [9.17, 15) is 9.18 Å². The minimum absolute atomic E-state index is 0.0920. The van der Waals surface area contributed by atoms with Crippen LogP contribution in [-0.2, 0) is 9.31 Å². The summed E-state index contributed by atoms with van der Waals surface area (Å²) in [5, 5.41) is 3.27. The molecule has 0 radical (unpaired) electrons. The van der Waals surface area contributed by atoms with E-state index in [0.717, 1.165) is 6.54 Å². The number of benzene rings is 1. The highest BCUT2D eigenvalue weighted by atomic mass is 19.1. The van der Waals surface area contributed by atoms with Gasteiger partial charge in [-0.2, -0.15) is 0 Å². The SMILES string of the molecule is C[C@H]1CN(C(=O)c2ccc(B3OC(C)(C)C(C)(C)O3)cc2F)CCN1. The van der Waals surface area contributed by atoms with Crippen molar-refractivity contribution in [3.63, 3.8) is 0 Å². The topological polar surface area (TPSA) is 50.8 Å². The van der Waals surface area contributed by atoms with Gasteiger partial charge in [-0.3, -0.25) is 4.79 Å². The Morgan fingerprint density at radius 2 is 1.92 bits per heavy atom. The van der Waals surface area contributed by atoms with Gasteiger partial charge in [0, 0.05) is 25.7 Å². The molecule has 3 rings (SSSR count). The summed E-state index contributed by atoms with van der Waals surface area (Å²) in [6, 6.07) is 4.81. The molecule has 0 bridgehead atoms. The van der Waals surface area contributed by atoms with Crippen LogP contribution in [0.3, 0.4) is 0 Å². The smallest absolute Gasteiger partial charge is 0.399 e. The predicted molar refractivity (Wildman–Crippen MR) is 95.5 cm³/mol. The molecule has 0 saturated carbocycles. The molecule has 0 spiro atoms. The summed E-state index contributed by atoms with van der Waals surface area (Å²) >= 11 is 0. The average Bonchev–Trinajstić information content (AvgIpc) is 2.75. The van der Waals surface area contributed by atoms with Crippen LogP contribution in [0.15, 0.2) is 18.2 Å². The Hall–Kier alpha value is -1.44. The number of carbonyl (C=O) groups is 1. The lowest BCUT2D eigenvalue weighted by Gasteiger charge is -2.32. The van der Waals surface area contributed by atoms with Crippen molar-refractivity contribution in [2.75, 3.05) is 19.6 Å². The fourth-order valence-corrected chi connectivity index (χ4v) is 3.12. The second-order valence-corrected chi connectivity index (χ2v) is 7.93. The first-order valence-electron chi connectivity index (χ1n) is 8.78. The molecule has 1 atom stereocenters. The number of halogens is 1. The zero-order chi connectivity index (χ0) is 18.4. The van der Waals surface area contributed by atoms with E-state index in [4.69, 9.17) is 9.31 Å². The number of amides is 1. The van der Waals surface area contributed by atoms with Crippen molar-refractivity contribution in [1.29, 1.82) is 0 Å². The maximum atomic E-state index is 14.6. The van der Waals surface area contributed by atoms with Gasteiger partial charge in [-0.1, -0.05) is 6.07 Å². The Morgan fingerprint density at radius 1 is 1.28 bits per heavy atom. The summed E-state index contributed by atoms with van der Waals surface area (Å²) in [7, 11) is -0.636. The molecule has 1 amide bonds. The molecule has 1 aromatic rings. The minimum Gasteiger partial charge on any atom is -0.399 e. The molecule has 2 fully saturated rings. The fraction of sp³-hybridized carbons (Fsp3) is 0.611. The number of hydrogen-bond acceptors (Lipinski definition) is 4. The van der Waals surface area contributed by atoms with Gasteiger partial charge in [0.2, 0.25) is 0 Å². The highest BCUT2D eigenvalue weighted by Gasteiger charge is 2.51. The second-order valence-electron chi connectivity index (χ2n) is 7.93. The number of carbonyl (C=O) groups excluding carboxylic acids is 1. The van der Waals surface area contributed by atoms with Crippen molar-refractivity contribution in [1.82, 2.24) is 10.2 Å². The Morgan fingerprint density at radius 3 is 2.48 bits per heavy atom. The Balaban J connectivity index is 1.79. The number of nitrogens with one attached hydrogen (secondary N) is 1. The van der Waals surface area contributed by atoms with E-state index in [1.807, 2.05) is 34.6 Å². The van der Waals surface area contributed by atoms with E-state index in [1.165, 1.54) is 12.1 Å². The van der Waals surface area contributed by atoms with E-state index in [2.05, 4.69) is 5.32 Å². The highest BCUT2D eigenvalue weighted by molar-refractivity contribution is 6.62. The third-order valence-corrected chi connectivity index (χ3v) is 5.40. The van der Waals surface area contributed by atoms with Crippen molar-refractivity contribution in [2.45, 2.75) is 51.9 Å². The first-order valence-corrected chi connectivity index (χ1v) is 8.78. The number of hydrogen-bond donors (Lipinski definition) is 1. The van der Waals surface area contributed by atoms with Gasteiger partial charge in [-0.05, 0) is 52.2 Å². The van der Waals surface area contributed by atoms with Crippen LogP contribution in [-0.4, -0.2) is 54.8 Å². The van der Waals surface area contributed by atoms with Gasteiger partial charge in [0.25, 0.3) is 5.91 Å². The van der Waals surface area contributed by atoms with E-state index in [0.29, 0.717) is 18.6 Å². The van der Waals surface area contributed by atoms with Crippen molar-refractivity contribution in [3.8, 4) is 0 Å². The standard InChI is InChI=1S/C18H26BFN2O3/c1-12-11-22(9-8-21-12)16(23)14-7-6-13(10-15(14)20)19-24-17(2,3)18(4,5)25-19/h6-7,10,12,21H,8-9,11H2,1-5H3/t12-/m0/s1. The van der Waals surface area contributed by atoms with Crippen LogP contribution in [0.25, 0.3) is 0 Å². The average molecular weight is 348 g/mol. The maximum Gasteiger partial charge on any atom is 0.494 e. The molecule has 7 heteroatoms. The molecule has 0 unspecified atom stereocenters. The Kier molecular flexibility index (Phi) is 4.68. The first kappa shape index (κ1) is 18.4.